The van der Waals surface area contributed by atoms with Crippen LogP contribution in [-0.2, 0) is 16.2 Å². The van der Waals surface area contributed by atoms with Gasteiger partial charge in [-0.25, -0.2) is 13.4 Å². The molecule has 168 valence electrons. The minimum atomic E-state index is -4.53. The highest BCUT2D eigenvalue weighted by molar-refractivity contribution is 7.93. The highest BCUT2D eigenvalue weighted by Crippen LogP contribution is 2.36. The maximum absolute atomic E-state index is 13.3. The van der Waals surface area contributed by atoms with E-state index < -0.39 is 27.7 Å². The number of aryl methyl sites for hydroxylation is 1. The van der Waals surface area contributed by atoms with Gasteiger partial charge in [-0.1, -0.05) is 0 Å². The number of halogens is 3. The van der Waals surface area contributed by atoms with Gasteiger partial charge in [-0.05, 0) is 49.4 Å². The second kappa shape index (κ2) is 8.10. The molecule has 1 N–H and O–H groups in total. The van der Waals surface area contributed by atoms with Crippen LogP contribution in [0.5, 0.6) is 5.75 Å². The highest BCUT2D eigenvalue weighted by atomic mass is 32.2. The third-order valence-corrected chi connectivity index (χ3v) is 7.53. The lowest BCUT2D eigenvalue weighted by molar-refractivity contribution is -0.137. The first-order chi connectivity index (χ1) is 15.1. The van der Waals surface area contributed by atoms with Crippen LogP contribution in [0.1, 0.15) is 20.9 Å². The quantitative estimate of drug-likeness (QED) is 0.600. The van der Waals surface area contributed by atoms with Crippen molar-refractivity contribution in [1.29, 1.82) is 0 Å². The number of ether oxygens (including phenoxy) is 1. The number of benzene rings is 2. The van der Waals surface area contributed by atoms with Crippen molar-refractivity contribution in [3.05, 3.63) is 64.1 Å². The monoisotopic (exact) mass is 483 g/mol. The van der Waals surface area contributed by atoms with Crippen molar-refractivity contribution < 1.29 is 31.1 Å². The Morgan fingerprint density at radius 2 is 1.91 bits per heavy atom. The summed E-state index contributed by atoms with van der Waals surface area (Å²) < 4.78 is 71.8. The third kappa shape index (κ3) is 4.15. The minimum absolute atomic E-state index is 0.000975. The fourth-order valence-electron chi connectivity index (χ4n) is 3.18. The van der Waals surface area contributed by atoms with Crippen molar-refractivity contribution in [2.75, 3.05) is 22.8 Å². The minimum Gasteiger partial charge on any atom is -0.490 e. The van der Waals surface area contributed by atoms with E-state index in [1.807, 2.05) is 0 Å². The molecule has 0 atom stereocenters. The predicted molar refractivity (Wildman–Crippen MR) is 113 cm³/mol. The summed E-state index contributed by atoms with van der Waals surface area (Å²) in [5, 5.41) is 2.64. The lowest BCUT2D eigenvalue weighted by atomic mass is 10.2. The summed E-state index contributed by atoms with van der Waals surface area (Å²) in [5.74, 6) is -0.345. The number of fused-ring (bicyclic) bond motifs is 1. The van der Waals surface area contributed by atoms with E-state index in [-0.39, 0.29) is 35.2 Å². The summed E-state index contributed by atoms with van der Waals surface area (Å²) in [7, 11) is -4.17. The molecular weight excluding hydrogens is 467 g/mol. The molecule has 0 spiro atoms. The van der Waals surface area contributed by atoms with Crippen LogP contribution in [0.4, 0.5) is 24.5 Å². The van der Waals surface area contributed by atoms with E-state index >= 15 is 0 Å². The first kappa shape index (κ1) is 22.1. The molecule has 0 aliphatic carbocycles. The van der Waals surface area contributed by atoms with Crippen LogP contribution < -0.4 is 14.4 Å². The molecule has 3 aromatic rings. The van der Waals surface area contributed by atoms with Crippen molar-refractivity contribution in [3.63, 3.8) is 0 Å². The number of hydrogen-bond acceptors (Lipinski definition) is 6. The van der Waals surface area contributed by atoms with E-state index in [0.717, 1.165) is 39.9 Å². The van der Waals surface area contributed by atoms with Gasteiger partial charge < -0.3 is 10.1 Å². The fourth-order valence-corrected chi connectivity index (χ4v) is 5.48. The third-order valence-electron chi connectivity index (χ3n) is 4.76. The SMILES string of the molecule is Cc1ncsc1C(=O)Nc1ccc2c(c1)S(=O)(=O)N(c1ccc(C(F)(F)F)cc1)CCO2. The van der Waals surface area contributed by atoms with Gasteiger partial charge in [0.05, 0.1) is 29.0 Å². The van der Waals surface area contributed by atoms with E-state index in [9.17, 15) is 26.4 Å². The number of carbonyl (C=O) groups excluding carboxylic acids is 1. The van der Waals surface area contributed by atoms with Gasteiger partial charge in [-0.2, -0.15) is 13.2 Å². The molecule has 1 aromatic heterocycles. The van der Waals surface area contributed by atoms with Gasteiger partial charge >= 0.3 is 6.18 Å². The molecule has 0 saturated carbocycles. The summed E-state index contributed by atoms with van der Waals surface area (Å²) in [6, 6.07) is 8.06. The van der Waals surface area contributed by atoms with Crippen LogP contribution in [0.2, 0.25) is 0 Å². The van der Waals surface area contributed by atoms with Crippen LogP contribution in [0, 0.1) is 6.92 Å². The van der Waals surface area contributed by atoms with Gasteiger partial charge in [0.1, 0.15) is 22.1 Å². The molecule has 0 radical (unpaired) electrons. The van der Waals surface area contributed by atoms with Gasteiger partial charge in [0.15, 0.2) is 0 Å². The number of alkyl halides is 3. The first-order valence-corrected chi connectivity index (χ1v) is 11.6. The van der Waals surface area contributed by atoms with E-state index in [2.05, 4.69) is 10.3 Å². The molecule has 32 heavy (non-hydrogen) atoms. The number of sulfonamides is 1. The standard InChI is InChI=1S/C20H16F3N3O4S2/c1-12-18(31-11-24-12)19(27)25-14-4-7-16-17(10-14)32(28,29)26(8-9-30-16)15-5-2-13(3-6-15)20(21,22)23/h2-7,10-11H,8-9H2,1H3,(H,25,27). The molecule has 1 aliphatic heterocycles. The molecule has 7 nitrogen and oxygen atoms in total. The number of amides is 1. The van der Waals surface area contributed by atoms with Crippen LogP contribution >= 0.6 is 11.3 Å². The Hall–Kier alpha value is -3.12. The maximum Gasteiger partial charge on any atom is 0.416 e. The molecule has 0 fully saturated rings. The van der Waals surface area contributed by atoms with Gasteiger partial charge in [0.25, 0.3) is 15.9 Å². The number of aromatic nitrogens is 1. The predicted octanol–water partition coefficient (Wildman–Crippen LogP) is 4.31. The van der Waals surface area contributed by atoms with E-state index in [0.29, 0.717) is 10.6 Å². The molecule has 12 heteroatoms. The number of anilines is 2. The Labute approximate surface area is 185 Å². The Morgan fingerprint density at radius 3 is 2.53 bits per heavy atom. The van der Waals surface area contributed by atoms with Crippen LogP contribution in [0.15, 0.2) is 52.9 Å². The number of thiazole rings is 1. The van der Waals surface area contributed by atoms with E-state index in [4.69, 9.17) is 4.74 Å². The molecule has 0 bridgehead atoms. The van der Waals surface area contributed by atoms with Crippen molar-refractivity contribution in [3.8, 4) is 5.75 Å². The van der Waals surface area contributed by atoms with Crippen molar-refractivity contribution in [2.24, 2.45) is 0 Å². The molecule has 2 aromatic carbocycles. The van der Waals surface area contributed by atoms with Gasteiger partial charge in [-0.3, -0.25) is 9.10 Å². The summed E-state index contributed by atoms with van der Waals surface area (Å²) in [4.78, 5) is 16.7. The Kier molecular flexibility index (Phi) is 5.59. The van der Waals surface area contributed by atoms with Gasteiger partial charge in [0.2, 0.25) is 0 Å². The second-order valence-corrected chi connectivity index (χ2v) is 9.54. The van der Waals surface area contributed by atoms with Crippen LogP contribution in [0.3, 0.4) is 0 Å². The zero-order valence-electron chi connectivity index (χ0n) is 16.5. The summed E-state index contributed by atoms with van der Waals surface area (Å²) in [5.41, 5.74) is 1.49. The van der Waals surface area contributed by atoms with E-state index in [1.165, 1.54) is 23.7 Å². The molecule has 1 amide bonds. The number of carbonyl (C=O) groups is 1. The van der Waals surface area contributed by atoms with Gasteiger partial charge in [-0.15, -0.1) is 11.3 Å². The number of hydrogen-bond donors (Lipinski definition) is 1. The fraction of sp³-hybridized carbons (Fsp3) is 0.200. The lowest BCUT2D eigenvalue weighted by Gasteiger charge is -2.22. The van der Waals surface area contributed by atoms with E-state index in [1.54, 1.807) is 6.92 Å². The average molecular weight is 483 g/mol. The van der Waals surface area contributed by atoms with Crippen molar-refractivity contribution in [2.45, 2.75) is 18.0 Å². The zero-order valence-corrected chi connectivity index (χ0v) is 18.1. The van der Waals surface area contributed by atoms with Gasteiger partial charge in [0, 0.05) is 5.69 Å². The Balaban J connectivity index is 1.67. The largest absolute Gasteiger partial charge is 0.490 e. The molecule has 4 rings (SSSR count). The number of nitrogens with one attached hydrogen (secondary N) is 1. The first-order valence-electron chi connectivity index (χ1n) is 9.25. The number of rotatable bonds is 3. The second-order valence-electron chi connectivity index (χ2n) is 6.85. The smallest absolute Gasteiger partial charge is 0.416 e. The van der Waals surface area contributed by atoms with Crippen molar-refractivity contribution >= 4 is 38.6 Å². The normalized spacial score (nSPS) is 15.4. The summed E-state index contributed by atoms with van der Waals surface area (Å²) in [6.07, 6.45) is -4.53. The molecule has 0 unspecified atom stereocenters. The van der Waals surface area contributed by atoms with Crippen molar-refractivity contribution in [1.82, 2.24) is 4.98 Å². The summed E-state index contributed by atoms with van der Waals surface area (Å²) in [6.45, 7) is 1.59. The van der Waals surface area contributed by atoms with Crippen LogP contribution in [0.25, 0.3) is 0 Å². The zero-order chi connectivity index (χ0) is 23.1. The average Bonchev–Trinajstić information content (AvgIpc) is 3.12. The molecular formula is C20H16F3N3O4S2. The molecule has 0 saturated heterocycles. The Morgan fingerprint density at radius 1 is 1.19 bits per heavy atom. The molecule has 2 heterocycles. The summed E-state index contributed by atoms with van der Waals surface area (Å²) >= 11 is 1.15. The maximum atomic E-state index is 13.3. The highest BCUT2D eigenvalue weighted by Gasteiger charge is 2.34. The van der Waals surface area contributed by atoms with Crippen LogP contribution in [-0.4, -0.2) is 32.5 Å². The topological polar surface area (TPSA) is 88.6 Å². The lowest BCUT2D eigenvalue weighted by Crippen LogP contribution is -2.32. The Bertz CT molecular complexity index is 1270. The molecule has 1 aliphatic rings. The number of nitrogens with zero attached hydrogens (tertiary/aromatic N) is 2.